The summed E-state index contributed by atoms with van der Waals surface area (Å²) in [5.41, 5.74) is 0.212. The summed E-state index contributed by atoms with van der Waals surface area (Å²) in [7, 11) is 0. The first-order chi connectivity index (χ1) is 6.54. The second-order valence-corrected chi connectivity index (χ2v) is 6.57. The molecule has 2 heteroatoms. The van der Waals surface area contributed by atoms with Gasteiger partial charge in [-0.2, -0.15) is 0 Å². The number of esters is 1. The standard InChI is InChI=1S/C13H26O2/c1-10(13(5,6)7)11(14)15-9-8-12(2,3)4/h10H,8-9H2,1-7H3. The molecule has 15 heavy (non-hydrogen) atoms. The molecular weight excluding hydrogens is 188 g/mol. The van der Waals surface area contributed by atoms with Gasteiger partial charge in [-0.15, -0.1) is 0 Å². The Morgan fingerprint density at radius 1 is 1.13 bits per heavy atom. The predicted molar refractivity (Wildman–Crippen MR) is 63.7 cm³/mol. The first-order valence-corrected chi connectivity index (χ1v) is 5.71. The van der Waals surface area contributed by atoms with E-state index in [4.69, 9.17) is 4.74 Å². The van der Waals surface area contributed by atoms with Gasteiger partial charge in [0.2, 0.25) is 0 Å². The van der Waals surface area contributed by atoms with E-state index in [-0.39, 0.29) is 22.7 Å². The lowest BCUT2D eigenvalue weighted by Gasteiger charge is -2.26. The van der Waals surface area contributed by atoms with Gasteiger partial charge in [0.05, 0.1) is 12.5 Å². The van der Waals surface area contributed by atoms with Gasteiger partial charge in [0.1, 0.15) is 0 Å². The molecule has 90 valence electrons. The van der Waals surface area contributed by atoms with Gasteiger partial charge in [-0.25, -0.2) is 0 Å². The van der Waals surface area contributed by atoms with Crippen molar-refractivity contribution < 1.29 is 9.53 Å². The summed E-state index contributed by atoms with van der Waals surface area (Å²) in [6.45, 7) is 15.1. The Morgan fingerprint density at radius 3 is 1.93 bits per heavy atom. The summed E-state index contributed by atoms with van der Waals surface area (Å²) in [6.07, 6.45) is 0.912. The van der Waals surface area contributed by atoms with Crippen LogP contribution >= 0.6 is 0 Å². The Balaban J connectivity index is 3.96. The molecule has 0 spiro atoms. The molecule has 2 nitrogen and oxygen atoms in total. The molecule has 0 saturated heterocycles. The second kappa shape index (κ2) is 5.00. The third-order valence-electron chi connectivity index (χ3n) is 2.75. The fourth-order valence-corrected chi connectivity index (χ4v) is 0.936. The van der Waals surface area contributed by atoms with Crippen LogP contribution in [0.1, 0.15) is 54.9 Å². The monoisotopic (exact) mass is 214 g/mol. The first kappa shape index (κ1) is 14.5. The highest BCUT2D eigenvalue weighted by molar-refractivity contribution is 5.72. The van der Waals surface area contributed by atoms with Crippen molar-refractivity contribution in [2.75, 3.05) is 6.61 Å². The van der Waals surface area contributed by atoms with Crippen LogP contribution in [-0.2, 0) is 9.53 Å². The Morgan fingerprint density at radius 2 is 1.60 bits per heavy atom. The van der Waals surface area contributed by atoms with Crippen molar-refractivity contribution in [2.24, 2.45) is 16.7 Å². The summed E-state index contributed by atoms with van der Waals surface area (Å²) in [5.74, 6) is -0.121. The fraction of sp³-hybridized carbons (Fsp3) is 0.923. The van der Waals surface area contributed by atoms with Gasteiger partial charge in [0.25, 0.3) is 0 Å². The molecule has 0 fully saturated rings. The Hall–Kier alpha value is -0.530. The average Bonchev–Trinajstić information content (AvgIpc) is 1.98. The van der Waals surface area contributed by atoms with E-state index in [1.807, 2.05) is 6.92 Å². The molecule has 0 aromatic rings. The molecule has 0 heterocycles. The van der Waals surface area contributed by atoms with E-state index in [1.54, 1.807) is 0 Å². The van der Waals surface area contributed by atoms with Crippen LogP contribution in [0.25, 0.3) is 0 Å². The Kier molecular flexibility index (Phi) is 4.82. The summed E-state index contributed by atoms with van der Waals surface area (Å²) >= 11 is 0. The summed E-state index contributed by atoms with van der Waals surface area (Å²) in [5, 5.41) is 0. The molecule has 1 atom stereocenters. The van der Waals surface area contributed by atoms with E-state index < -0.39 is 0 Å². The lowest BCUT2D eigenvalue weighted by Crippen LogP contribution is -2.28. The van der Waals surface area contributed by atoms with Gasteiger partial charge in [-0.1, -0.05) is 48.5 Å². The maximum Gasteiger partial charge on any atom is 0.309 e. The highest BCUT2D eigenvalue weighted by Gasteiger charge is 2.28. The third kappa shape index (κ3) is 6.53. The smallest absolute Gasteiger partial charge is 0.309 e. The molecule has 0 rings (SSSR count). The van der Waals surface area contributed by atoms with Crippen LogP contribution in [0.2, 0.25) is 0 Å². The molecule has 0 aromatic carbocycles. The van der Waals surface area contributed by atoms with Crippen molar-refractivity contribution in [3.05, 3.63) is 0 Å². The number of hydrogen-bond donors (Lipinski definition) is 0. The van der Waals surface area contributed by atoms with Crippen molar-refractivity contribution in [3.8, 4) is 0 Å². The van der Waals surface area contributed by atoms with Crippen LogP contribution in [0.15, 0.2) is 0 Å². The zero-order chi connectivity index (χ0) is 12.3. The molecule has 0 radical (unpaired) electrons. The normalized spacial score (nSPS) is 14.9. The summed E-state index contributed by atoms with van der Waals surface area (Å²) in [4.78, 5) is 11.7. The maximum atomic E-state index is 11.7. The van der Waals surface area contributed by atoms with Gasteiger partial charge in [0, 0.05) is 0 Å². The van der Waals surface area contributed by atoms with Crippen molar-refractivity contribution in [1.82, 2.24) is 0 Å². The van der Waals surface area contributed by atoms with Crippen molar-refractivity contribution in [1.29, 1.82) is 0 Å². The van der Waals surface area contributed by atoms with Crippen LogP contribution in [-0.4, -0.2) is 12.6 Å². The van der Waals surface area contributed by atoms with E-state index >= 15 is 0 Å². The molecule has 0 amide bonds. The van der Waals surface area contributed by atoms with Crippen molar-refractivity contribution >= 4 is 5.97 Å². The maximum absolute atomic E-state index is 11.7. The highest BCUT2D eigenvalue weighted by atomic mass is 16.5. The van der Waals surface area contributed by atoms with Crippen LogP contribution < -0.4 is 0 Å². The zero-order valence-corrected chi connectivity index (χ0v) is 11.3. The number of rotatable bonds is 3. The van der Waals surface area contributed by atoms with Crippen molar-refractivity contribution in [2.45, 2.75) is 54.9 Å². The Bertz CT molecular complexity index is 206. The van der Waals surface area contributed by atoms with E-state index in [9.17, 15) is 4.79 Å². The molecular formula is C13H26O2. The lowest BCUT2D eigenvalue weighted by molar-refractivity contribution is -0.152. The molecule has 0 aliphatic carbocycles. The summed E-state index contributed by atoms with van der Waals surface area (Å²) in [6, 6.07) is 0. The number of carbonyl (C=O) groups is 1. The van der Waals surface area contributed by atoms with Crippen molar-refractivity contribution in [3.63, 3.8) is 0 Å². The number of hydrogen-bond acceptors (Lipinski definition) is 2. The number of ether oxygens (including phenoxy) is 1. The largest absolute Gasteiger partial charge is 0.465 e. The van der Waals surface area contributed by atoms with E-state index in [2.05, 4.69) is 41.5 Å². The van der Waals surface area contributed by atoms with Crippen LogP contribution in [0.4, 0.5) is 0 Å². The summed E-state index contributed by atoms with van der Waals surface area (Å²) < 4.78 is 5.27. The topological polar surface area (TPSA) is 26.3 Å². The third-order valence-corrected chi connectivity index (χ3v) is 2.75. The first-order valence-electron chi connectivity index (χ1n) is 5.71. The molecule has 0 saturated carbocycles. The highest BCUT2D eigenvalue weighted by Crippen LogP contribution is 2.26. The van der Waals surface area contributed by atoms with Gasteiger partial charge >= 0.3 is 5.97 Å². The quantitative estimate of drug-likeness (QED) is 0.670. The van der Waals surface area contributed by atoms with Gasteiger partial charge in [-0.05, 0) is 17.3 Å². The van der Waals surface area contributed by atoms with Gasteiger partial charge in [-0.3, -0.25) is 4.79 Å². The van der Waals surface area contributed by atoms with E-state index in [1.165, 1.54) is 0 Å². The van der Waals surface area contributed by atoms with Gasteiger partial charge < -0.3 is 4.74 Å². The molecule has 0 aliphatic heterocycles. The van der Waals surface area contributed by atoms with Crippen LogP contribution in [0.3, 0.4) is 0 Å². The molecule has 0 aliphatic rings. The second-order valence-electron chi connectivity index (χ2n) is 6.57. The average molecular weight is 214 g/mol. The SMILES string of the molecule is CC(C(=O)OCCC(C)(C)C)C(C)(C)C. The Labute approximate surface area is 94.4 Å². The predicted octanol–water partition coefficient (Wildman–Crippen LogP) is 3.65. The molecule has 0 aromatic heterocycles. The fourth-order valence-electron chi connectivity index (χ4n) is 0.936. The van der Waals surface area contributed by atoms with Crippen LogP contribution in [0, 0.1) is 16.7 Å². The molecule has 0 bridgehead atoms. The minimum Gasteiger partial charge on any atom is -0.465 e. The minimum absolute atomic E-state index is 0.0151. The molecule has 1 unspecified atom stereocenters. The molecule has 0 N–H and O–H groups in total. The van der Waals surface area contributed by atoms with Gasteiger partial charge in [0.15, 0.2) is 0 Å². The van der Waals surface area contributed by atoms with E-state index in [0.717, 1.165) is 6.42 Å². The lowest BCUT2D eigenvalue weighted by atomic mass is 9.82. The number of carbonyl (C=O) groups excluding carboxylic acids is 1. The van der Waals surface area contributed by atoms with Crippen LogP contribution in [0.5, 0.6) is 0 Å². The minimum atomic E-state index is -0.0771. The van der Waals surface area contributed by atoms with E-state index in [0.29, 0.717) is 6.61 Å². The zero-order valence-electron chi connectivity index (χ0n) is 11.3.